The topological polar surface area (TPSA) is 52.1 Å². The molecule has 0 bridgehead atoms. The average Bonchev–Trinajstić information content (AvgIpc) is 2.83. The van der Waals surface area contributed by atoms with Gasteiger partial charge in [0.15, 0.2) is 5.76 Å². The molecular weight excluding hydrogens is 319 g/mol. The van der Waals surface area contributed by atoms with E-state index in [-0.39, 0.29) is 0 Å². The standard InChI is InChI=1S/C11H7IN2O2/c1-6-2-3-8-7(4-6)5-9(15-8)10-13-11(12)14-16-10/h2-5H,1H3. The van der Waals surface area contributed by atoms with Gasteiger partial charge in [0.25, 0.3) is 5.89 Å². The highest BCUT2D eigenvalue weighted by Crippen LogP contribution is 2.27. The summed E-state index contributed by atoms with van der Waals surface area (Å²) in [6.07, 6.45) is 0. The highest BCUT2D eigenvalue weighted by molar-refractivity contribution is 14.1. The molecule has 5 heteroatoms. The monoisotopic (exact) mass is 326 g/mol. The van der Waals surface area contributed by atoms with Crippen molar-refractivity contribution < 1.29 is 8.94 Å². The van der Waals surface area contributed by atoms with Crippen LogP contribution in [-0.2, 0) is 0 Å². The van der Waals surface area contributed by atoms with E-state index in [2.05, 4.69) is 16.2 Å². The van der Waals surface area contributed by atoms with Crippen molar-refractivity contribution in [1.82, 2.24) is 10.1 Å². The number of aromatic nitrogens is 2. The Morgan fingerprint density at radius 3 is 2.88 bits per heavy atom. The molecule has 2 aromatic heterocycles. The Morgan fingerprint density at radius 2 is 2.12 bits per heavy atom. The third kappa shape index (κ3) is 1.60. The molecule has 0 radical (unpaired) electrons. The number of nitrogens with zero attached hydrogens (tertiary/aromatic N) is 2. The van der Waals surface area contributed by atoms with E-state index in [1.165, 1.54) is 5.56 Å². The Balaban J connectivity index is 2.18. The van der Waals surface area contributed by atoms with E-state index in [4.69, 9.17) is 8.94 Å². The first-order chi connectivity index (χ1) is 7.72. The Hall–Kier alpha value is -1.37. The number of fused-ring (bicyclic) bond motifs is 1. The van der Waals surface area contributed by atoms with E-state index in [9.17, 15) is 0 Å². The maximum Gasteiger partial charge on any atom is 0.294 e. The van der Waals surface area contributed by atoms with Gasteiger partial charge >= 0.3 is 0 Å². The molecule has 0 saturated heterocycles. The van der Waals surface area contributed by atoms with E-state index in [0.29, 0.717) is 15.5 Å². The molecular formula is C11H7IN2O2. The van der Waals surface area contributed by atoms with Gasteiger partial charge < -0.3 is 8.94 Å². The third-order valence-corrected chi connectivity index (χ3v) is 2.72. The zero-order chi connectivity index (χ0) is 11.1. The number of aryl methyl sites for hydroxylation is 1. The van der Waals surface area contributed by atoms with E-state index in [0.717, 1.165) is 11.0 Å². The summed E-state index contributed by atoms with van der Waals surface area (Å²) in [6.45, 7) is 2.04. The fraction of sp³-hybridized carbons (Fsp3) is 0.0909. The molecule has 16 heavy (non-hydrogen) atoms. The van der Waals surface area contributed by atoms with Crippen LogP contribution < -0.4 is 0 Å². The largest absolute Gasteiger partial charge is 0.451 e. The summed E-state index contributed by atoms with van der Waals surface area (Å²) >= 11 is 1.99. The molecule has 0 aliphatic rings. The highest BCUT2D eigenvalue weighted by Gasteiger charge is 2.12. The van der Waals surface area contributed by atoms with Crippen molar-refractivity contribution in [2.24, 2.45) is 0 Å². The zero-order valence-corrected chi connectivity index (χ0v) is 10.6. The van der Waals surface area contributed by atoms with Gasteiger partial charge in [-0.15, -0.1) is 0 Å². The Labute approximate surface area is 105 Å². The first-order valence-corrected chi connectivity index (χ1v) is 5.80. The number of furan rings is 1. The van der Waals surface area contributed by atoms with Gasteiger partial charge in [0.2, 0.25) is 3.83 Å². The van der Waals surface area contributed by atoms with Crippen LogP contribution in [0.2, 0.25) is 0 Å². The highest BCUT2D eigenvalue weighted by atomic mass is 127. The summed E-state index contributed by atoms with van der Waals surface area (Å²) in [6, 6.07) is 7.91. The second-order valence-corrected chi connectivity index (χ2v) is 4.49. The summed E-state index contributed by atoms with van der Waals surface area (Å²) in [4.78, 5) is 4.11. The molecule has 0 amide bonds. The minimum absolute atomic E-state index is 0.415. The molecule has 0 atom stereocenters. The van der Waals surface area contributed by atoms with Crippen molar-refractivity contribution in [3.63, 3.8) is 0 Å². The maximum absolute atomic E-state index is 5.62. The first kappa shape index (κ1) is 9.83. The summed E-state index contributed by atoms with van der Waals surface area (Å²) < 4.78 is 11.2. The third-order valence-electron chi connectivity index (χ3n) is 2.28. The normalized spacial score (nSPS) is 11.1. The van der Waals surface area contributed by atoms with E-state index >= 15 is 0 Å². The molecule has 1 aromatic carbocycles. The molecule has 0 aliphatic carbocycles. The number of rotatable bonds is 1. The fourth-order valence-electron chi connectivity index (χ4n) is 1.57. The van der Waals surface area contributed by atoms with Gasteiger partial charge in [-0.05, 0) is 25.1 Å². The van der Waals surface area contributed by atoms with Gasteiger partial charge in [-0.25, -0.2) is 0 Å². The average molecular weight is 326 g/mol. The molecule has 2 heterocycles. The second-order valence-electron chi connectivity index (χ2n) is 3.52. The van der Waals surface area contributed by atoms with Crippen molar-refractivity contribution in [2.75, 3.05) is 0 Å². The molecule has 80 valence electrons. The van der Waals surface area contributed by atoms with Crippen LogP contribution in [0.15, 0.2) is 33.2 Å². The lowest BCUT2D eigenvalue weighted by molar-refractivity contribution is 0.414. The predicted molar refractivity (Wildman–Crippen MR) is 67.0 cm³/mol. The molecule has 0 unspecified atom stereocenters. The number of hydrogen-bond donors (Lipinski definition) is 0. The van der Waals surface area contributed by atoms with Gasteiger partial charge in [-0.1, -0.05) is 16.8 Å². The van der Waals surface area contributed by atoms with Gasteiger partial charge in [-0.2, -0.15) is 4.98 Å². The molecule has 4 nitrogen and oxygen atoms in total. The van der Waals surface area contributed by atoms with Crippen LogP contribution in [0.1, 0.15) is 5.56 Å². The van der Waals surface area contributed by atoms with Crippen LogP contribution in [0.25, 0.3) is 22.6 Å². The zero-order valence-electron chi connectivity index (χ0n) is 8.40. The Kier molecular flexibility index (Phi) is 2.20. The molecule has 3 rings (SSSR count). The second kappa shape index (κ2) is 3.58. The van der Waals surface area contributed by atoms with Gasteiger partial charge in [0.05, 0.1) is 0 Å². The van der Waals surface area contributed by atoms with Crippen LogP contribution in [0, 0.1) is 10.8 Å². The molecule has 3 aromatic rings. The van der Waals surface area contributed by atoms with E-state index in [1.54, 1.807) is 0 Å². The minimum atomic E-state index is 0.415. The van der Waals surface area contributed by atoms with Crippen LogP contribution >= 0.6 is 22.6 Å². The summed E-state index contributed by atoms with van der Waals surface area (Å²) in [5.41, 5.74) is 2.02. The minimum Gasteiger partial charge on any atom is -0.451 e. The predicted octanol–water partition coefficient (Wildman–Crippen LogP) is 3.40. The van der Waals surface area contributed by atoms with Crippen LogP contribution in [0.4, 0.5) is 0 Å². The lowest BCUT2D eigenvalue weighted by Gasteiger charge is -1.89. The van der Waals surface area contributed by atoms with Crippen molar-refractivity contribution in [2.45, 2.75) is 6.92 Å². The molecule has 0 aliphatic heterocycles. The van der Waals surface area contributed by atoms with Crippen molar-refractivity contribution in [3.05, 3.63) is 33.7 Å². The first-order valence-electron chi connectivity index (χ1n) is 4.72. The maximum atomic E-state index is 5.62. The SMILES string of the molecule is Cc1ccc2oc(-c3nc(I)no3)cc2c1. The van der Waals surface area contributed by atoms with Crippen LogP contribution in [-0.4, -0.2) is 10.1 Å². The quantitative estimate of drug-likeness (QED) is 0.643. The summed E-state index contributed by atoms with van der Waals surface area (Å²) in [5.74, 6) is 1.02. The number of hydrogen-bond acceptors (Lipinski definition) is 4. The van der Waals surface area contributed by atoms with Crippen molar-refractivity contribution in [1.29, 1.82) is 0 Å². The Morgan fingerprint density at radius 1 is 1.25 bits per heavy atom. The fourth-order valence-corrected chi connectivity index (χ4v) is 1.89. The lowest BCUT2D eigenvalue weighted by Crippen LogP contribution is -1.72. The molecule has 0 N–H and O–H groups in total. The summed E-state index contributed by atoms with van der Waals surface area (Å²) in [7, 11) is 0. The van der Waals surface area contributed by atoms with Gasteiger partial charge in [0.1, 0.15) is 5.58 Å². The van der Waals surface area contributed by atoms with Gasteiger partial charge in [-0.3, -0.25) is 0 Å². The molecule has 0 saturated carbocycles. The molecule has 0 spiro atoms. The smallest absolute Gasteiger partial charge is 0.294 e. The van der Waals surface area contributed by atoms with Crippen LogP contribution in [0.5, 0.6) is 0 Å². The number of halogens is 1. The van der Waals surface area contributed by atoms with Crippen molar-refractivity contribution in [3.8, 4) is 11.7 Å². The van der Waals surface area contributed by atoms with E-state index < -0.39 is 0 Å². The molecule has 0 fully saturated rings. The summed E-state index contributed by atoms with van der Waals surface area (Å²) in [5, 5.41) is 4.77. The van der Waals surface area contributed by atoms with E-state index in [1.807, 2.05) is 47.7 Å². The van der Waals surface area contributed by atoms with Crippen molar-refractivity contribution >= 4 is 33.6 Å². The Bertz CT molecular complexity index is 657. The number of benzene rings is 1. The van der Waals surface area contributed by atoms with Crippen LogP contribution in [0.3, 0.4) is 0 Å². The lowest BCUT2D eigenvalue weighted by atomic mass is 10.2. The van der Waals surface area contributed by atoms with Gasteiger partial charge in [0, 0.05) is 28.0 Å².